The van der Waals surface area contributed by atoms with E-state index in [4.69, 9.17) is 0 Å². The standard InChI is InChI=1S/C18H26N6O.HI/c1-4-19-18(21-13-17(25)23(2)3)20-12-15-8-5-6-9-16(15)14-24-11-7-10-22-24;/h5-11H,4,12-14H2,1-3H3,(H2,19,20,21);1H. The van der Waals surface area contributed by atoms with E-state index in [9.17, 15) is 4.79 Å². The lowest BCUT2D eigenvalue weighted by Gasteiger charge is -2.14. The molecule has 0 aliphatic carbocycles. The fraction of sp³-hybridized carbons (Fsp3) is 0.389. The zero-order chi connectivity index (χ0) is 18.1. The molecule has 0 unspecified atom stereocenters. The molecule has 2 N–H and O–H groups in total. The second kappa shape index (κ2) is 11.5. The second-order valence-corrected chi connectivity index (χ2v) is 5.81. The smallest absolute Gasteiger partial charge is 0.241 e. The molecule has 0 radical (unpaired) electrons. The average Bonchev–Trinajstić information content (AvgIpc) is 3.11. The number of nitrogens with zero attached hydrogens (tertiary/aromatic N) is 4. The van der Waals surface area contributed by atoms with E-state index in [0.29, 0.717) is 19.0 Å². The van der Waals surface area contributed by atoms with Gasteiger partial charge in [-0.1, -0.05) is 24.3 Å². The number of likely N-dealkylation sites (N-methyl/N-ethyl adjacent to an activating group) is 1. The van der Waals surface area contributed by atoms with Crippen molar-refractivity contribution in [3.8, 4) is 0 Å². The van der Waals surface area contributed by atoms with Crippen molar-refractivity contribution in [2.24, 2.45) is 4.99 Å². The number of rotatable bonds is 7. The molecule has 0 spiro atoms. The first kappa shape index (κ1) is 21.9. The number of aliphatic imine (C=N–C) groups is 1. The second-order valence-electron chi connectivity index (χ2n) is 5.81. The number of hydrogen-bond acceptors (Lipinski definition) is 3. The van der Waals surface area contributed by atoms with Gasteiger partial charge in [-0.3, -0.25) is 9.48 Å². The molecular weight excluding hydrogens is 443 g/mol. The molecule has 0 saturated carbocycles. The van der Waals surface area contributed by atoms with E-state index in [2.05, 4.69) is 32.9 Å². The first-order chi connectivity index (χ1) is 12.1. The lowest BCUT2D eigenvalue weighted by molar-refractivity contribution is -0.127. The van der Waals surface area contributed by atoms with Crippen LogP contribution in [0.1, 0.15) is 18.1 Å². The van der Waals surface area contributed by atoms with Gasteiger partial charge in [0, 0.05) is 33.0 Å². The third-order valence-corrected chi connectivity index (χ3v) is 3.67. The van der Waals surface area contributed by atoms with Crippen LogP contribution in [0.5, 0.6) is 0 Å². The summed E-state index contributed by atoms with van der Waals surface area (Å²) in [7, 11) is 3.47. The summed E-state index contributed by atoms with van der Waals surface area (Å²) < 4.78 is 1.89. The van der Waals surface area contributed by atoms with Crippen molar-refractivity contribution in [1.29, 1.82) is 0 Å². The summed E-state index contributed by atoms with van der Waals surface area (Å²) in [6.07, 6.45) is 3.72. The topological polar surface area (TPSA) is 74.5 Å². The van der Waals surface area contributed by atoms with Crippen LogP contribution in [0.15, 0.2) is 47.7 Å². The van der Waals surface area contributed by atoms with E-state index < -0.39 is 0 Å². The highest BCUT2D eigenvalue weighted by atomic mass is 127. The molecule has 1 aromatic heterocycles. The lowest BCUT2D eigenvalue weighted by atomic mass is 10.1. The summed E-state index contributed by atoms with van der Waals surface area (Å²) in [4.78, 5) is 17.9. The first-order valence-electron chi connectivity index (χ1n) is 8.36. The molecule has 1 aromatic carbocycles. The van der Waals surface area contributed by atoms with E-state index in [1.165, 1.54) is 5.56 Å². The third-order valence-electron chi connectivity index (χ3n) is 3.67. The van der Waals surface area contributed by atoms with Crippen molar-refractivity contribution >= 4 is 35.8 Å². The molecule has 0 aliphatic heterocycles. The van der Waals surface area contributed by atoms with Crippen molar-refractivity contribution < 1.29 is 4.79 Å². The van der Waals surface area contributed by atoms with Crippen LogP contribution in [0.3, 0.4) is 0 Å². The average molecular weight is 470 g/mol. The number of guanidine groups is 1. The number of carbonyl (C=O) groups is 1. The fourth-order valence-corrected chi connectivity index (χ4v) is 2.26. The maximum Gasteiger partial charge on any atom is 0.241 e. The molecule has 0 atom stereocenters. The van der Waals surface area contributed by atoms with Crippen LogP contribution < -0.4 is 10.6 Å². The van der Waals surface area contributed by atoms with Crippen LogP contribution in [-0.4, -0.2) is 53.7 Å². The minimum atomic E-state index is 0. The van der Waals surface area contributed by atoms with Crippen molar-refractivity contribution in [3.05, 3.63) is 53.9 Å². The van der Waals surface area contributed by atoms with Crippen LogP contribution >= 0.6 is 24.0 Å². The number of aromatic nitrogens is 2. The van der Waals surface area contributed by atoms with Gasteiger partial charge in [0.05, 0.1) is 19.6 Å². The Morgan fingerprint density at radius 3 is 2.54 bits per heavy atom. The zero-order valence-corrected chi connectivity index (χ0v) is 17.8. The molecule has 2 rings (SSSR count). The Morgan fingerprint density at radius 2 is 1.92 bits per heavy atom. The van der Waals surface area contributed by atoms with E-state index >= 15 is 0 Å². The predicted octanol–water partition coefficient (Wildman–Crippen LogP) is 1.69. The lowest BCUT2D eigenvalue weighted by Crippen LogP contribution is -2.42. The molecule has 8 heteroatoms. The van der Waals surface area contributed by atoms with Crippen LogP contribution in [0.4, 0.5) is 0 Å². The molecule has 7 nitrogen and oxygen atoms in total. The van der Waals surface area contributed by atoms with Gasteiger partial charge in [0.2, 0.25) is 5.91 Å². The van der Waals surface area contributed by atoms with Gasteiger partial charge < -0.3 is 15.5 Å². The number of amides is 1. The van der Waals surface area contributed by atoms with Gasteiger partial charge in [-0.25, -0.2) is 4.99 Å². The number of carbonyl (C=O) groups excluding carboxylic acids is 1. The summed E-state index contributed by atoms with van der Waals surface area (Å²) in [5.74, 6) is 0.635. The van der Waals surface area contributed by atoms with Crippen molar-refractivity contribution in [3.63, 3.8) is 0 Å². The minimum absolute atomic E-state index is 0. The summed E-state index contributed by atoms with van der Waals surface area (Å²) in [6.45, 7) is 4.19. The number of hydrogen-bond donors (Lipinski definition) is 2. The Labute approximate surface area is 171 Å². The molecule has 2 aromatic rings. The third kappa shape index (κ3) is 7.03. The maximum absolute atomic E-state index is 11.7. The molecule has 142 valence electrons. The fourth-order valence-electron chi connectivity index (χ4n) is 2.26. The molecule has 0 aliphatic rings. The van der Waals surface area contributed by atoms with Gasteiger partial charge in [-0.2, -0.15) is 5.10 Å². The summed E-state index contributed by atoms with van der Waals surface area (Å²) in [6, 6.07) is 10.1. The highest BCUT2D eigenvalue weighted by Crippen LogP contribution is 2.11. The first-order valence-corrected chi connectivity index (χ1v) is 8.36. The predicted molar refractivity (Wildman–Crippen MR) is 115 cm³/mol. The molecule has 0 saturated heterocycles. The molecular formula is C18H27IN6O. The van der Waals surface area contributed by atoms with E-state index in [1.54, 1.807) is 25.2 Å². The Kier molecular flexibility index (Phi) is 9.71. The summed E-state index contributed by atoms with van der Waals surface area (Å²) in [5, 5.41) is 10.5. The molecule has 1 amide bonds. The highest BCUT2D eigenvalue weighted by molar-refractivity contribution is 14.0. The molecule has 0 fully saturated rings. The molecule has 26 heavy (non-hydrogen) atoms. The van der Waals surface area contributed by atoms with Crippen LogP contribution in [0, 0.1) is 0 Å². The summed E-state index contributed by atoms with van der Waals surface area (Å²) >= 11 is 0. The Balaban J connectivity index is 0.00000338. The highest BCUT2D eigenvalue weighted by Gasteiger charge is 2.06. The monoisotopic (exact) mass is 470 g/mol. The van der Waals surface area contributed by atoms with Crippen LogP contribution in [0.2, 0.25) is 0 Å². The molecule has 0 bridgehead atoms. The van der Waals surface area contributed by atoms with E-state index in [1.807, 2.05) is 36.0 Å². The Morgan fingerprint density at radius 1 is 1.19 bits per heavy atom. The zero-order valence-electron chi connectivity index (χ0n) is 15.5. The van der Waals surface area contributed by atoms with E-state index in [0.717, 1.165) is 12.1 Å². The van der Waals surface area contributed by atoms with Gasteiger partial charge >= 0.3 is 0 Å². The van der Waals surface area contributed by atoms with Crippen LogP contribution in [0.25, 0.3) is 0 Å². The normalized spacial score (nSPS) is 10.8. The SMILES string of the molecule is CCNC(=NCc1ccccc1Cn1cccn1)NCC(=O)N(C)C.I. The quantitative estimate of drug-likeness (QED) is 0.367. The van der Waals surface area contributed by atoms with Gasteiger partial charge in [0.15, 0.2) is 5.96 Å². The largest absolute Gasteiger partial charge is 0.357 e. The van der Waals surface area contributed by atoms with Crippen molar-refractivity contribution in [2.45, 2.75) is 20.0 Å². The van der Waals surface area contributed by atoms with Crippen molar-refractivity contribution in [2.75, 3.05) is 27.2 Å². The van der Waals surface area contributed by atoms with Crippen molar-refractivity contribution in [1.82, 2.24) is 25.3 Å². The number of benzene rings is 1. The van der Waals surface area contributed by atoms with Gasteiger partial charge in [-0.05, 0) is 24.1 Å². The van der Waals surface area contributed by atoms with Crippen LogP contribution in [-0.2, 0) is 17.9 Å². The Bertz CT molecular complexity index is 699. The summed E-state index contributed by atoms with van der Waals surface area (Å²) in [5.41, 5.74) is 2.31. The number of nitrogens with one attached hydrogen (secondary N) is 2. The maximum atomic E-state index is 11.7. The van der Waals surface area contributed by atoms with E-state index in [-0.39, 0.29) is 36.4 Å². The molecule has 1 heterocycles. The Hall–Kier alpha value is -2.10. The van der Waals surface area contributed by atoms with Gasteiger partial charge in [-0.15, -0.1) is 24.0 Å². The minimum Gasteiger partial charge on any atom is -0.357 e. The van der Waals surface area contributed by atoms with Gasteiger partial charge in [0.25, 0.3) is 0 Å². The number of halogens is 1. The van der Waals surface area contributed by atoms with Gasteiger partial charge in [0.1, 0.15) is 0 Å².